The zero-order valence-corrected chi connectivity index (χ0v) is 30.9. The molecular formula is C37H45N5O8S. The van der Waals surface area contributed by atoms with Crippen LogP contribution in [0, 0.1) is 13.8 Å². The van der Waals surface area contributed by atoms with Crippen molar-refractivity contribution in [2.24, 2.45) is 0 Å². The van der Waals surface area contributed by atoms with Crippen LogP contribution in [-0.2, 0) is 43.7 Å². The second-order valence-corrected chi connectivity index (χ2v) is 16.3. The van der Waals surface area contributed by atoms with E-state index in [9.17, 15) is 32.7 Å². The maximum atomic E-state index is 13.4. The summed E-state index contributed by atoms with van der Waals surface area (Å²) in [6, 6.07) is 12.0. The Hall–Kier alpha value is -5.24. The number of anilines is 1. The number of aryl methyl sites for hydroxylation is 2. The van der Waals surface area contributed by atoms with Crippen LogP contribution >= 0.6 is 0 Å². The Balaban J connectivity index is 1.52. The summed E-state index contributed by atoms with van der Waals surface area (Å²) in [5.74, 6) is -1.34. The van der Waals surface area contributed by atoms with Crippen LogP contribution in [0.1, 0.15) is 74.0 Å². The monoisotopic (exact) mass is 719 g/mol. The number of hydrogen-bond donors (Lipinski definition) is 4. The van der Waals surface area contributed by atoms with Gasteiger partial charge in [0.05, 0.1) is 33.8 Å². The van der Waals surface area contributed by atoms with Crippen LogP contribution in [0.25, 0.3) is 10.9 Å². The number of aliphatic carboxylic acids is 1. The standard InChI is InChI=1S/C37H45N5O8S/c1-21(2)51(48,49)31-12-9-24(15-26(31)18-38-36(47)50-37(5,6)7)16-32(43)42(8)19-29-22(3)13-25(14-23(29)4)33(35(45)46)41-27-10-11-30-28(17-27)34(44)40-20-39-30/h9-15,17,20-21,33,41H,16,18-19H2,1-8H3,(H,38,47)(H,45,46)(H,39,40,44). The van der Waals surface area contributed by atoms with E-state index in [1.807, 2.05) is 13.8 Å². The number of hydrogen-bond acceptors (Lipinski definition) is 9. The first-order chi connectivity index (χ1) is 23.8. The van der Waals surface area contributed by atoms with Gasteiger partial charge in [0.25, 0.3) is 5.56 Å². The molecule has 0 aliphatic carbocycles. The third-order valence-electron chi connectivity index (χ3n) is 8.30. The van der Waals surface area contributed by atoms with Gasteiger partial charge < -0.3 is 30.4 Å². The Morgan fingerprint density at radius 1 is 1.02 bits per heavy atom. The molecule has 0 saturated heterocycles. The van der Waals surface area contributed by atoms with Gasteiger partial charge in [0.1, 0.15) is 5.60 Å². The highest BCUT2D eigenvalue weighted by Crippen LogP contribution is 2.28. The van der Waals surface area contributed by atoms with Crippen molar-refractivity contribution in [2.75, 3.05) is 12.4 Å². The lowest BCUT2D eigenvalue weighted by atomic mass is 9.95. The minimum atomic E-state index is -3.69. The van der Waals surface area contributed by atoms with E-state index in [2.05, 4.69) is 20.6 Å². The van der Waals surface area contributed by atoms with Gasteiger partial charge in [-0.3, -0.25) is 9.59 Å². The first-order valence-corrected chi connectivity index (χ1v) is 17.9. The largest absolute Gasteiger partial charge is 0.479 e. The number of H-pyrrole nitrogens is 1. The number of nitrogens with one attached hydrogen (secondary N) is 3. The Labute approximate surface area is 297 Å². The second-order valence-electron chi connectivity index (χ2n) is 13.8. The average Bonchev–Trinajstić information content (AvgIpc) is 3.03. The summed E-state index contributed by atoms with van der Waals surface area (Å²) in [7, 11) is -2.03. The number of sulfone groups is 1. The molecule has 272 valence electrons. The van der Waals surface area contributed by atoms with E-state index >= 15 is 0 Å². The summed E-state index contributed by atoms with van der Waals surface area (Å²) in [5, 5.41) is 15.4. The second kappa shape index (κ2) is 15.3. The van der Waals surface area contributed by atoms with Gasteiger partial charge in [-0.25, -0.2) is 23.0 Å². The lowest BCUT2D eigenvalue weighted by Crippen LogP contribution is -2.32. The summed E-state index contributed by atoms with van der Waals surface area (Å²) in [6.07, 6.45) is 0.588. The number of alkyl carbamates (subject to hydrolysis) is 1. The van der Waals surface area contributed by atoms with Crippen molar-refractivity contribution < 1.29 is 32.6 Å². The lowest BCUT2D eigenvalue weighted by Gasteiger charge is -2.23. The third kappa shape index (κ3) is 9.51. The zero-order chi connectivity index (χ0) is 37.8. The summed E-state index contributed by atoms with van der Waals surface area (Å²) < 4.78 is 31.5. The van der Waals surface area contributed by atoms with Gasteiger partial charge in [0, 0.05) is 25.8 Å². The van der Waals surface area contributed by atoms with Crippen molar-refractivity contribution >= 4 is 44.4 Å². The molecule has 4 N–H and O–H groups in total. The Bertz CT molecular complexity index is 2110. The molecule has 0 aliphatic heterocycles. The molecule has 1 atom stereocenters. The van der Waals surface area contributed by atoms with Crippen LogP contribution in [0.3, 0.4) is 0 Å². The number of amides is 2. The van der Waals surface area contributed by atoms with Gasteiger partial charge in [0.15, 0.2) is 15.9 Å². The predicted molar refractivity (Wildman–Crippen MR) is 194 cm³/mol. The Morgan fingerprint density at radius 2 is 1.69 bits per heavy atom. The number of carboxylic acids is 1. The number of nitrogens with zero attached hydrogens (tertiary/aromatic N) is 2. The number of benzene rings is 3. The van der Waals surface area contributed by atoms with Crippen LogP contribution < -0.4 is 16.2 Å². The molecule has 0 saturated carbocycles. The van der Waals surface area contributed by atoms with Crippen LogP contribution in [0.5, 0.6) is 0 Å². The molecule has 1 unspecified atom stereocenters. The number of rotatable bonds is 12. The van der Waals surface area contributed by atoms with E-state index in [4.69, 9.17) is 4.74 Å². The van der Waals surface area contributed by atoms with Gasteiger partial charge in [0.2, 0.25) is 5.91 Å². The van der Waals surface area contributed by atoms with Crippen molar-refractivity contribution in [3.63, 3.8) is 0 Å². The zero-order valence-electron chi connectivity index (χ0n) is 30.1. The number of aromatic amines is 1. The first kappa shape index (κ1) is 38.6. The normalized spacial score (nSPS) is 12.4. The van der Waals surface area contributed by atoms with Crippen LogP contribution in [0.2, 0.25) is 0 Å². The van der Waals surface area contributed by atoms with Gasteiger partial charge in [-0.2, -0.15) is 0 Å². The SMILES string of the molecule is Cc1cc(C(Nc2ccc3nc[nH]c(=O)c3c2)C(=O)O)cc(C)c1CN(C)C(=O)Cc1ccc(S(=O)(=O)C(C)C)c(CNC(=O)OC(C)(C)C)c1. The van der Waals surface area contributed by atoms with Crippen molar-refractivity contribution in [3.8, 4) is 0 Å². The number of carbonyl (C=O) groups excluding carboxylic acids is 2. The molecule has 0 aliphatic rings. The molecule has 14 heteroatoms. The fourth-order valence-corrected chi connectivity index (χ4v) is 6.85. The number of fused-ring (bicyclic) bond motifs is 1. The van der Waals surface area contributed by atoms with Gasteiger partial charge in [-0.05, 0) is 106 Å². The minimum absolute atomic E-state index is 0.0246. The van der Waals surface area contributed by atoms with E-state index in [1.54, 1.807) is 89.0 Å². The summed E-state index contributed by atoms with van der Waals surface area (Å²) >= 11 is 0. The maximum Gasteiger partial charge on any atom is 0.407 e. The van der Waals surface area contributed by atoms with Gasteiger partial charge in [-0.15, -0.1) is 0 Å². The molecule has 3 aromatic carbocycles. The van der Waals surface area contributed by atoms with E-state index in [0.29, 0.717) is 33.3 Å². The Morgan fingerprint density at radius 3 is 2.29 bits per heavy atom. The summed E-state index contributed by atoms with van der Waals surface area (Å²) in [6.45, 7) is 12.2. The number of aromatic nitrogens is 2. The van der Waals surface area contributed by atoms with Crippen LogP contribution in [0.15, 0.2) is 64.5 Å². The lowest BCUT2D eigenvalue weighted by molar-refractivity contribution is -0.138. The van der Waals surface area contributed by atoms with E-state index in [1.165, 1.54) is 12.4 Å². The molecule has 1 heterocycles. The van der Waals surface area contributed by atoms with Crippen molar-refractivity contribution in [1.82, 2.24) is 20.2 Å². The van der Waals surface area contributed by atoms with Crippen LogP contribution in [0.4, 0.5) is 10.5 Å². The van der Waals surface area contributed by atoms with E-state index in [0.717, 1.165) is 16.7 Å². The first-order valence-electron chi connectivity index (χ1n) is 16.4. The summed E-state index contributed by atoms with van der Waals surface area (Å²) in [4.78, 5) is 58.7. The van der Waals surface area contributed by atoms with Crippen LogP contribution in [-0.4, -0.2) is 64.3 Å². The molecule has 0 spiro atoms. The number of carbonyl (C=O) groups is 3. The highest BCUT2D eigenvalue weighted by molar-refractivity contribution is 7.92. The quantitative estimate of drug-likeness (QED) is 0.152. The number of likely N-dealkylation sites (N-methyl/N-ethyl adjacent to an activating group) is 1. The van der Waals surface area contributed by atoms with Crippen molar-refractivity contribution in [2.45, 2.75) is 89.8 Å². The van der Waals surface area contributed by atoms with Gasteiger partial charge >= 0.3 is 12.1 Å². The third-order valence-corrected chi connectivity index (χ3v) is 10.6. The maximum absolute atomic E-state index is 13.4. The molecule has 4 aromatic rings. The Kier molecular flexibility index (Phi) is 11.6. The average molecular weight is 720 g/mol. The molecule has 4 rings (SSSR count). The van der Waals surface area contributed by atoms with Crippen molar-refractivity contribution in [1.29, 1.82) is 0 Å². The molecule has 0 fully saturated rings. The topological polar surface area (TPSA) is 188 Å². The molecule has 51 heavy (non-hydrogen) atoms. The summed E-state index contributed by atoms with van der Waals surface area (Å²) in [5.41, 5.74) is 3.69. The molecule has 13 nitrogen and oxygen atoms in total. The molecular weight excluding hydrogens is 675 g/mol. The smallest absolute Gasteiger partial charge is 0.407 e. The number of ether oxygens (including phenoxy) is 1. The van der Waals surface area contributed by atoms with Gasteiger partial charge in [-0.1, -0.05) is 24.3 Å². The predicted octanol–water partition coefficient (Wildman–Crippen LogP) is 5.19. The highest BCUT2D eigenvalue weighted by atomic mass is 32.2. The fraction of sp³-hybridized carbons (Fsp3) is 0.378. The molecule has 0 bridgehead atoms. The van der Waals surface area contributed by atoms with Crippen molar-refractivity contribution in [3.05, 3.63) is 98.6 Å². The molecule has 1 aromatic heterocycles. The number of carboxylic acid groups (broad SMARTS) is 1. The molecule has 2 amide bonds. The van der Waals surface area contributed by atoms with E-state index in [-0.39, 0.29) is 35.9 Å². The highest BCUT2D eigenvalue weighted by Gasteiger charge is 2.26. The minimum Gasteiger partial charge on any atom is -0.479 e. The molecule has 0 radical (unpaired) electrons. The fourth-order valence-electron chi connectivity index (χ4n) is 5.58. The van der Waals surface area contributed by atoms with E-state index < -0.39 is 38.8 Å².